The Morgan fingerprint density at radius 3 is 2.33 bits per heavy atom. The third kappa shape index (κ3) is 7.83. The minimum atomic E-state index is -0.334. The van der Waals surface area contributed by atoms with Gasteiger partial charge in [-0.3, -0.25) is 9.59 Å². The van der Waals surface area contributed by atoms with Crippen molar-refractivity contribution in [2.45, 2.75) is 26.0 Å². The van der Waals surface area contributed by atoms with Gasteiger partial charge in [0.05, 0.1) is 5.75 Å². The number of hydrogen-bond donors (Lipinski definition) is 2. The minimum absolute atomic E-state index is 0.0615. The monoisotopic (exact) mass is 388 g/mol. The van der Waals surface area contributed by atoms with E-state index in [1.165, 1.54) is 36.0 Å². The molecule has 0 spiro atoms. The van der Waals surface area contributed by atoms with Gasteiger partial charge in [0.25, 0.3) is 5.91 Å². The fourth-order valence-corrected chi connectivity index (χ4v) is 3.11. The molecule has 0 aromatic heterocycles. The topological polar surface area (TPSA) is 58.2 Å². The van der Waals surface area contributed by atoms with Crippen LogP contribution in [0.5, 0.6) is 0 Å². The van der Waals surface area contributed by atoms with Crippen LogP contribution in [0.4, 0.5) is 10.1 Å². The van der Waals surface area contributed by atoms with E-state index in [1.807, 2.05) is 12.1 Å². The molecule has 0 atom stereocenters. The van der Waals surface area contributed by atoms with E-state index >= 15 is 0 Å². The summed E-state index contributed by atoms with van der Waals surface area (Å²) in [6.45, 7) is 4.92. The van der Waals surface area contributed by atoms with Crippen LogP contribution in [-0.2, 0) is 10.5 Å². The second-order valence-corrected chi connectivity index (χ2v) is 7.67. The molecule has 2 aromatic rings. The van der Waals surface area contributed by atoms with Crippen molar-refractivity contribution in [3.05, 3.63) is 65.5 Å². The molecule has 0 aliphatic heterocycles. The lowest BCUT2D eigenvalue weighted by molar-refractivity contribution is -0.113. The highest BCUT2D eigenvalue weighted by Crippen LogP contribution is 2.15. The van der Waals surface area contributed by atoms with Gasteiger partial charge in [0, 0.05) is 23.5 Å². The maximum atomic E-state index is 12.8. The van der Waals surface area contributed by atoms with E-state index in [-0.39, 0.29) is 17.6 Å². The summed E-state index contributed by atoms with van der Waals surface area (Å²) in [5.41, 5.74) is 2.27. The van der Waals surface area contributed by atoms with Crippen molar-refractivity contribution in [2.24, 2.45) is 5.92 Å². The van der Waals surface area contributed by atoms with E-state index < -0.39 is 0 Å². The summed E-state index contributed by atoms with van der Waals surface area (Å²) in [4.78, 5) is 23.9. The summed E-state index contributed by atoms with van der Waals surface area (Å²) in [5, 5.41) is 5.64. The maximum absolute atomic E-state index is 12.8. The van der Waals surface area contributed by atoms with Crippen LogP contribution in [0, 0.1) is 11.7 Å². The van der Waals surface area contributed by atoms with Gasteiger partial charge in [-0.1, -0.05) is 26.0 Å². The first-order valence-corrected chi connectivity index (χ1v) is 10.1. The van der Waals surface area contributed by atoms with Gasteiger partial charge in [-0.25, -0.2) is 4.39 Å². The van der Waals surface area contributed by atoms with E-state index in [0.29, 0.717) is 35.2 Å². The number of rotatable bonds is 9. The van der Waals surface area contributed by atoms with Crippen molar-refractivity contribution in [2.75, 3.05) is 17.6 Å². The molecular weight excluding hydrogens is 363 g/mol. The summed E-state index contributed by atoms with van der Waals surface area (Å²) in [6.07, 6.45) is 0.959. The van der Waals surface area contributed by atoms with E-state index in [0.717, 1.165) is 12.0 Å². The average Bonchev–Trinajstić information content (AvgIpc) is 2.64. The molecule has 2 N–H and O–H groups in total. The molecule has 0 saturated heterocycles. The number of thioether (sulfide) groups is 1. The number of hydrogen-bond acceptors (Lipinski definition) is 3. The number of amides is 2. The van der Waals surface area contributed by atoms with E-state index in [9.17, 15) is 14.0 Å². The van der Waals surface area contributed by atoms with E-state index in [2.05, 4.69) is 24.5 Å². The van der Waals surface area contributed by atoms with E-state index in [4.69, 9.17) is 0 Å². The van der Waals surface area contributed by atoms with Gasteiger partial charge in [-0.15, -0.1) is 11.8 Å². The number of halogens is 1. The van der Waals surface area contributed by atoms with Crippen LogP contribution in [0.15, 0.2) is 48.5 Å². The fraction of sp³-hybridized carbons (Fsp3) is 0.333. The number of carbonyl (C=O) groups excluding carboxylic acids is 2. The Kier molecular flexibility index (Phi) is 8.33. The Hall–Kier alpha value is -2.34. The van der Waals surface area contributed by atoms with Gasteiger partial charge in [-0.2, -0.15) is 0 Å². The number of nitrogens with one attached hydrogen (secondary N) is 2. The normalized spacial score (nSPS) is 10.7. The molecule has 6 heteroatoms. The molecule has 0 unspecified atom stereocenters. The Morgan fingerprint density at radius 1 is 1.04 bits per heavy atom. The third-order valence-electron chi connectivity index (χ3n) is 3.85. The fourth-order valence-electron chi connectivity index (χ4n) is 2.32. The molecule has 2 rings (SSSR count). The predicted octanol–water partition coefficient (Wildman–Crippen LogP) is 4.47. The molecule has 0 heterocycles. The van der Waals surface area contributed by atoms with Crippen LogP contribution < -0.4 is 10.6 Å². The molecule has 4 nitrogen and oxygen atoms in total. The lowest BCUT2D eigenvalue weighted by Crippen LogP contribution is -2.25. The predicted molar refractivity (Wildman–Crippen MR) is 109 cm³/mol. The molecule has 0 aliphatic carbocycles. The van der Waals surface area contributed by atoms with Gasteiger partial charge in [-0.05, 0) is 54.3 Å². The summed E-state index contributed by atoms with van der Waals surface area (Å²) in [6, 6.07) is 13.1. The molecule has 0 radical (unpaired) electrons. The quantitative estimate of drug-likeness (QED) is 0.666. The lowest BCUT2D eigenvalue weighted by Gasteiger charge is -2.08. The summed E-state index contributed by atoms with van der Waals surface area (Å²) in [5.74, 6) is 1.01. The molecule has 27 heavy (non-hydrogen) atoms. The highest BCUT2D eigenvalue weighted by atomic mass is 32.2. The van der Waals surface area contributed by atoms with Crippen LogP contribution in [0.1, 0.15) is 36.2 Å². The van der Waals surface area contributed by atoms with Crippen LogP contribution >= 0.6 is 11.8 Å². The second-order valence-electron chi connectivity index (χ2n) is 6.68. The minimum Gasteiger partial charge on any atom is -0.352 e. The highest BCUT2D eigenvalue weighted by Gasteiger charge is 2.07. The van der Waals surface area contributed by atoms with E-state index in [1.54, 1.807) is 12.1 Å². The molecule has 0 bridgehead atoms. The Bertz CT molecular complexity index is 746. The molecule has 144 valence electrons. The summed E-state index contributed by atoms with van der Waals surface area (Å²) >= 11 is 1.48. The van der Waals surface area contributed by atoms with Crippen LogP contribution in [-0.4, -0.2) is 24.1 Å². The van der Waals surface area contributed by atoms with Gasteiger partial charge in [0.15, 0.2) is 0 Å². The van der Waals surface area contributed by atoms with Crippen molar-refractivity contribution < 1.29 is 14.0 Å². The first-order valence-electron chi connectivity index (χ1n) is 8.94. The van der Waals surface area contributed by atoms with Gasteiger partial charge >= 0.3 is 0 Å². The van der Waals surface area contributed by atoms with Gasteiger partial charge in [0.2, 0.25) is 5.91 Å². The molecule has 2 amide bonds. The first-order chi connectivity index (χ1) is 12.9. The molecule has 0 saturated carbocycles. The zero-order valence-electron chi connectivity index (χ0n) is 15.6. The average molecular weight is 389 g/mol. The van der Waals surface area contributed by atoms with Crippen molar-refractivity contribution in [3.63, 3.8) is 0 Å². The standard InChI is InChI=1S/C21H25FN2O2S/c1-15(2)11-12-23-21(26)17-5-3-16(4-6-17)13-27-14-20(25)24-19-9-7-18(22)8-10-19/h3-10,15H,11-14H2,1-2H3,(H,23,26)(H,24,25). The zero-order valence-corrected chi connectivity index (χ0v) is 16.4. The van der Waals surface area contributed by atoms with Gasteiger partial charge in [0.1, 0.15) is 5.82 Å². The van der Waals surface area contributed by atoms with Crippen LogP contribution in [0.2, 0.25) is 0 Å². The highest BCUT2D eigenvalue weighted by molar-refractivity contribution is 7.99. The van der Waals surface area contributed by atoms with Crippen molar-refractivity contribution >= 4 is 29.3 Å². The van der Waals surface area contributed by atoms with Crippen molar-refractivity contribution in [3.8, 4) is 0 Å². The smallest absolute Gasteiger partial charge is 0.251 e. The Balaban J connectivity index is 1.72. The largest absolute Gasteiger partial charge is 0.352 e. The Labute approximate surface area is 163 Å². The SMILES string of the molecule is CC(C)CCNC(=O)c1ccc(CSCC(=O)Nc2ccc(F)cc2)cc1. The lowest BCUT2D eigenvalue weighted by atomic mass is 10.1. The number of benzene rings is 2. The molecule has 2 aromatic carbocycles. The maximum Gasteiger partial charge on any atom is 0.251 e. The van der Waals surface area contributed by atoms with Crippen molar-refractivity contribution in [1.29, 1.82) is 0 Å². The summed E-state index contributed by atoms with van der Waals surface area (Å²) < 4.78 is 12.8. The van der Waals surface area contributed by atoms with Gasteiger partial charge < -0.3 is 10.6 Å². The Morgan fingerprint density at radius 2 is 1.70 bits per heavy atom. The number of carbonyl (C=O) groups is 2. The number of anilines is 1. The second kappa shape index (κ2) is 10.7. The molecular formula is C21H25FN2O2S. The third-order valence-corrected chi connectivity index (χ3v) is 4.86. The van der Waals surface area contributed by atoms with Crippen molar-refractivity contribution in [1.82, 2.24) is 5.32 Å². The molecule has 0 aliphatic rings. The molecule has 0 fully saturated rings. The zero-order chi connectivity index (χ0) is 19.6. The van der Waals surface area contributed by atoms with Crippen LogP contribution in [0.25, 0.3) is 0 Å². The van der Waals surface area contributed by atoms with Crippen LogP contribution in [0.3, 0.4) is 0 Å². The first kappa shape index (κ1) is 21.0. The summed E-state index contributed by atoms with van der Waals surface area (Å²) in [7, 11) is 0.